The van der Waals surface area contributed by atoms with Gasteiger partial charge < -0.3 is 5.32 Å². The molecular formula is C9H16FN. The Hall–Kier alpha value is -0.110. The number of fused-ring (bicyclic) bond motifs is 2. The summed E-state index contributed by atoms with van der Waals surface area (Å²) in [6.45, 7) is 2.12. The van der Waals surface area contributed by atoms with Gasteiger partial charge in [0.25, 0.3) is 0 Å². The molecule has 2 bridgehead atoms. The minimum absolute atomic E-state index is 0.0417. The molecular weight excluding hydrogens is 141 g/mol. The van der Waals surface area contributed by atoms with Crippen molar-refractivity contribution in [1.29, 1.82) is 0 Å². The van der Waals surface area contributed by atoms with Crippen LogP contribution >= 0.6 is 0 Å². The van der Waals surface area contributed by atoms with Gasteiger partial charge in [-0.25, -0.2) is 4.39 Å². The molecule has 4 atom stereocenters. The molecule has 0 saturated carbocycles. The van der Waals surface area contributed by atoms with E-state index in [4.69, 9.17) is 1.37 Å². The van der Waals surface area contributed by atoms with Crippen molar-refractivity contribution < 1.29 is 5.76 Å². The smallest absolute Gasteiger partial charge is 0.115 e. The molecule has 2 fully saturated rings. The van der Waals surface area contributed by atoms with Gasteiger partial charge in [-0.1, -0.05) is 0 Å². The van der Waals surface area contributed by atoms with Crippen molar-refractivity contribution in [3.63, 3.8) is 0 Å². The maximum atomic E-state index is 13.4. The second-order valence-electron chi connectivity index (χ2n) is 4.09. The third kappa shape index (κ3) is 1.28. The Morgan fingerprint density at radius 2 is 2.45 bits per heavy atom. The molecule has 11 heavy (non-hydrogen) atoms. The quantitative estimate of drug-likeness (QED) is 0.568. The van der Waals surface area contributed by atoms with Gasteiger partial charge in [-0.15, -0.1) is 0 Å². The van der Waals surface area contributed by atoms with Crippen molar-refractivity contribution in [2.24, 2.45) is 0 Å². The first-order chi connectivity index (χ1) is 5.61. The maximum Gasteiger partial charge on any atom is 0.115 e. The molecule has 0 amide bonds. The molecule has 0 spiro atoms. The lowest BCUT2D eigenvalue weighted by Gasteiger charge is -2.45. The van der Waals surface area contributed by atoms with E-state index in [1.54, 1.807) is 0 Å². The van der Waals surface area contributed by atoms with Crippen LogP contribution in [0.15, 0.2) is 0 Å². The predicted octanol–water partition coefficient (Wildman–Crippen LogP) is 2.02. The van der Waals surface area contributed by atoms with Crippen LogP contribution in [0.3, 0.4) is 0 Å². The standard InChI is InChI=1S/C9H16FN/c1-9-5-2-3-8(11-9)7(10)4-6-9/h7-8,11H,2-6H2,1H3/t7-,8-,9+/m0/s1/i4D/t4-,7+,8+,9-/m1. The third-order valence-corrected chi connectivity index (χ3v) is 2.96. The van der Waals surface area contributed by atoms with Crippen LogP contribution in [-0.4, -0.2) is 17.8 Å². The summed E-state index contributed by atoms with van der Waals surface area (Å²) in [5.41, 5.74) is 0.0535. The first kappa shape index (κ1) is 6.41. The van der Waals surface area contributed by atoms with Gasteiger partial charge in [0.2, 0.25) is 0 Å². The molecule has 0 aliphatic carbocycles. The van der Waals surface area contributed by atoms with Crippen molar-refractivity contribution in [3.05, 3.63) is 0 Å². The van der Waals surface area contributed by atoms with Gasteiger partial charge in [-0.2, -0.15) is 0 Å². The van der Waals surface area contributed by atoms with Gasteiger partial charge in [0.1, 0.15) is 6.17 Å². The lowest BCUT2D eigenvalue weighted by Crippen LogP contribution is -2.58. The molecule has 1 nitrogen and oxygen atoms in total. The summed E-state index contributed by atoms with van der Waals surface area (Å²) < 4.78 is 21.0. The zero-order valence-corrected chi connectivity index (χ0v) is 6.94. The normalized spacial score (nSPS) is 58.7. The van der Waals surface area contributed by atoms with Gasteiger partial charge in [-0.3, -0.25) is 0 Å². The van der Waals surface area contributed by atoms with Crippen LogP contribution in [0.25, 0.3) is 0 Å². The Bertz CT molecular complexity index is 183. The van der Waals surface area contributed by atoms with Crippen LogP contribution in [0.5, 0.6) is 0 Å². The fourth-order valence-electron chi connectivity index (χ4n) is 2.24. The number of nitrogens with one attached hydrogen (secondary N) is 1. The van der Waals surface area contributed by atoms with E-state index >= 15 is 0 Å². The average Bonchev–Trinajstić information content (AvgIpc) is 2.00. The second-order valence-corrected chi connectivity index (χ2v) is 4.09. The maximum absolute atomic E-state index is 13.4. The first-order valence-corrected chi connectivity index (χ1v) is 4.45. The molecule has 2 heterocycles. The Kier molecular flexibility index (Phi) is 1.42. The molecule has 2 aliphatic heterocycles. The number of hydrogen-bond acceptors (Lipinski definition) is 1. The number of piperidine rings is 2. The van der Waals surface area contributed by atoms with E-state index in [9.17, 15) is 4.39 Å². The van der Waals surface area contributed by atoms with Gasteiger partial charge in [0.05, 0.1) is 0 Å². The molecule has 0 aromatic heterocycles. The molecule has 0 aromatic rings. The van der Waals surface area contributed by atoms with Gasteiger partial charge in [0, 0.05) is 13.0 Å². The summed E-state index contributed by atoms with van der Waals surface area (Å²) in [5.74, 6) is 0. The summed E-state index contributed by atoms with van der Waals surface area (Å²) in [5, 5.41) is 3.31. The molecule has 2 aliphatic rings. The molecule has 0 radical (unpaired) electrons. The Morgan fingerprint density at radius 1 is 1.64 bits per heavy atom. The molecule has 0 unspecified atom stereocenters. The molecule has 2 heteroatoms. The highest BCUT2D eigenvalue weighted by atomic mass is 19.1. The van der Waals surface area contributed by atoms with Crippen LogP contribution in [0.4, 0.5) is 4.39 Å². The van der Waals surface area contributed by atoms with E-state index in [0.717, 1.165) is 19.3 Å². The summed E-state index contributed by atoms with van der Waals surface area (Å²) in [7, 11) is 0. The molecule has 0 aromatic carbocycles. The second kappa shape index (κ2) is 2.44. The summed E-state index contributed by atoms with van der Waals surface area (Å²) >= 11 is 0. The number of alkyl halides is 1. The van der Waals surface area contributed by atoms with Gasteiger partial charge >= 0.3 is 0 Å². The molecule has 2 saturated heterocycles. The average molecular weight is 158 g/mol. The SMILES string of the molecule is [2H][C@@H]1C[C@@]2(C)CCC[C@H](N2)[C@H]1F. The third-order valence-electron chi connectivity index (χ3n) is 2.96. The minimum atomic E-state index is -0.946. The van der Waals surface area contributed by atoms with Crippen molar-refractivity contribution >= 4 is 0 Å². The fraction of sp³-hybridized carbons (Fsp3) is 1.00. The Morgan fingerprint density at radius 3 is 3.27 bits per heavy atom. The van der Waals surface area contributed by atoms with Crippen molar-refractivity contribution in [1.82, 2.24) is 5.32 Å². The van der Waals surface area contributed by atoms with Crippen molar-refractivity contribution in [2.45, 2.75) is 56.8 Å². The van der Waals surface area contributed by atoms with E-state index in [1.807, 2.05) is 0 Å². The lowest BCUT2D eigenvalue weighted by atomic mass is 9.77. The zero-order chi connectivity index (χ0) is 8.77. The lowest BCUT2D eigenvalue weighted by molar-refractivity contribution is 0.0806. The Labute approximate surface area is 68.8 Å². The van der Waals surface area contributed by atoms with Crippen molar-refractivity contribution in [3.8, 4) is 0 Å². The highest BCUT2D eigenvalue weighted by molar-refractivity contribution is 4.98. The van der Waals surface area contributed by atoms with Crippen LogP contribution < -0.4 is 5.32 Å². The summed E-state index contributed by atoms with van der Waals surface area (Å²) in [6, 6.07) is -0.0417. The first-order valence-electron chi connectivity index (χ1n) is 5.02. The van der Waals surface area contributed by atoms with E-state index in [2.05, 4.69) is 12.2 Å². The topological polar surface area (TPSA) is 12.0 Å². The van der Waals surface area contributed by atoms with Crippen LogP contribution in [-0.2, 0) is 0 Å². The minimum Gasteiger partial charge on any atom is -0.306 e. The number of hydrogen-bond donors (Lipinski definition) is 1. The zero-order valence-electron chi connectivity index (χ0n) is 7.94. The van der Waals surface area contributed by atoms with Gasteiger partial charge in [-0.05, 0) is 39.0 Å². The fourth-order valence-corrected chi connectivity index (χ4v) is 2.24. The number of rotatable bonds is 0. The monoisotopic (exact) mass is 158 g/mol. The van der Waals surface area contributed by atoms with E-state index < -0.39 is 12.6 Å². The largest absolute Gasteiger partial charge is 0.306 e. The number of halogens is 1. The van der Waals surface area contributed by atoms with Crippen molar-refractivity contribution in [2.75, 3.05) is 0 Å². The van der Waals surface area contributed by atoms with E-state index in [0.29, 0.717) is 6.42 Å². The predicted molar refractivity (Wildman–Crippen MR) is 43.3 cm³/mol. The molecule has 2 rings (SSSR count). The van der Waals surface area contributed by atoms with Crippen LogP contribution in [0, 0.1) is 0 Å². The molecule has 64 valence electrons. The highest BCUT2D eigenvalue weighted by Crippen LogP contribution is 2.34. The van der Waals surface area contributed by atoms with E-state index in [-0.39, 0.29) is 11.6 Å². The molecule has 1 N–H and O–H groups in total. The van der Waals surface area contributed by atoms with E-state index in [1.165, 1.54) is 0 Å². The van der Waals surface area contributed by atoms with Gasteiger partial charge in [0.15, 0.2) is 0 Å². The van der Waals surface area contributed by atoms with Crippen LogP contribution in [0.2, 0.25) is 0 Å². The van der Waals surface area contributed by atoms with Crippen LogP contribution in [0.1, 0.15) is 40.4 Å². The highest BCUT2D eigenvalue weighted by Gasteiger charge is 2.39. The Balaban J connectivity index is 2.14. The summed E-state index contributed by atoms with van der Waals surface area (Å²) in [4.78, 5) is 0. The summed E-state index contributed by atoms with van der Waals surface area (Å²) in [6.07, 6.45) is 2.35.